The molecule has 3 aromatic rings. The van der Waals surface area contributed by atoms with E-state index in [2.05, 4.69) is 25.6 Å². The van der Waals surface area contributed by atoms with Crippen molar-refractivity contribution in [3.05, 3.63) is 53.7 Å². The van der Waals surface area contributed by atoms with Gasteiger partial charge in [-0.15, -0.1) is 0 Å². The van der Waals surface area contributed by atoms with Gasteiger partial charge in [-0.05, 0) is 37.3 Å². The predicted molar refractivity (Wildman–Crippen MR) is 107 cm³/mol. The molecule has 2 aromatic heterocycles. The quantitative estimate of drug-likeness (QED) is 0.570. The Hall–Kier alpha value is -2.90. The molecule has 7 nitrogen and oxygen atoms in total. The summed E-state index contributed by atoms with van der Waals surface area (Å²) in [5, 5.41) is 16.2. The maximum atomic E-state index is 9.31. The standard InChI is InChI=1S/C19H20ClN5O2/c1-12(11-26)22-19-24-15(14-5-3-4-8-21-14)10-18(25-19)23-16-9-13(20)6-7-17(16)27-2/h3-10,12,26H,11H2,1-2H3,(H2,22,23,24,25)/t12-/m1/s1. The van der Waals surface area contributed by atoms with Crippen molar-refractivity contribution in [3.63, 3.8) is 0 Å². The molecule has 27 heavy (non-hydrogen) atoms. The van der Waals surface area contributed by atoms with E-state index in [1.807, 2.05) is 25.1 Å². The van der Waals surface area contributed by atoms with Gasteiger partial charge in [0, 0.05) is 23.3 Å². The average Bonchev–Trinajstić information content (AvgIpc) is 2.68. The number of benzene rings is 1. The Labute approximate surface area is 162 Å². The SMILES string of the molecule is COc1ccc(Cl)cc1Nc1cc(-c2ccccn2)nc(N[C@H](C)CO)n1. The second-order valence-electron chi connectivity index (χ2n) is 5.87. The van der Waals surface area contributed by atoms with E-state index in [-0.39, 0.29) is 12.6 Å². The van der Waals surface area contributed by atoms with Gasteiger partial charge >= 0.3 is 0 Å². The summed E-state index contributed by atoms with van der Waals surface area (Å²) in [6, 6.07) is 12.5. The molecule has 1 aromatic carbocycles. The van der Waals surface area contributed by atoms with Gasteiger partial charge < -0.3 is 20.5 Å². The fourth-order valence-corrected chi connectivity index (χ4v) is 2.58. The number of anilines is 3. The second kappa shape index (κ2) is 8.66. The summed E-state index contributed by atoms with van der Waals surface area (Å²) in [6.07, 6.45) is 1.70. The molecule has 0 fully saturated rings. The van der Waals surface area contributed by atoms with Gasteiger partial charge in [0.15, 0.2) is 0 Å². The molecule has 140 valence electrons. The van der Waals surface area contributed by atoms with Crippen LogP contribution in [0.5, 0.6) is 5.75 Å². The Kier molecular flexibility index (Phi) is 6.05. The molecule has 1 atom stereocenters. The van der Waals surface area contributed by atoms with E-state index >= 15 is 0 Å². The van der Waals surface area contributed by atoms with Gasteiger partial charge in [-0.1, -0.05) is 17.7 Å². The van der Waals surface area contributed by atoms with Crippen LogP contribution in [-0.2, 0) is 0 Å². The number of ether oxygens (including phenoxy) is 1. The molecule has 0 amide bonds. The van der Waals surface area contributed by atoms with Crippen molar-refractivity contribution in [1.29, 1.82) is 0 Å². The van der Waals surface area contributed by atoms with E-state index in [4.69, 9.17) is 16.3 Å². The molecule has 0 saturated carbocycles. The van der Waals surface area contributed by atoms with E-state index in [0.717, 1.165) is 0 Å². The van der Waals surface area contributed by atoms with Crippen molar-refractivity contribution >= 4 is 29.1 Å². The molecule has 0 aliphatic carbocycles. The molecule has 0 aliphatic rings. The van der Waals surface area contributed by atoms with Crippen LogP contribution < -0.4 is 15.4 Å². The van der Waals surface area contributed by atoms with E-state index < -0.39 is 0 Å². The van der Waals surface area contributed by atoms with Gasteiger partial charge in [0.05, 0.1) is 30.8 Å². The molecule has 3 rings (SSSR count). The Balaban J connectivity index is 2.01. The number of hydrogen-bond acceptors (Lipinski definition) is 7. The summed E-state index contributed by atoms with van der Waals surface area (Å²) in [5.41, 5.74) is 2.03. The number of hydrogen-bond donors (Lipinski definition) is 3. The summed E-state index contributed by atoms with van der Waals surface area (Å²) in [6.45, 7) is 1.80. The minimum Gasteiger partial charge on any atom is -0.495 e. The lowest BCUT2D eigenvalue weighted by atomic mass is 10.2. The summed E-state index contributed by atoms with van der Waals surface area (Å²) in [5.74, 6) is 1.55. The Morgan fingerprint density at radius 1 is 1.15 bits per heavy atom. The smallest absolute Gasteiger partial charge is 0.225 e. The summed E-state index contributed by atoms with van der Waals surface area (Å²) in [4.78, 5) is 13.3. The molecule has 0 spiro atoms. The van der Waals surface area contributed by atoms with E-state index in [0.29, 0.717) is 39.6 Å². The maximum absolute atomic E-state index is 9.31. The molecule has 0 aliphatic heterocycles. The number of aliphatic hydroxyl groups is 1. The highest BCUT2D eigenvalue weighted by Crippen LogP contribution is 2.31. The normalized spacial score (nSPS) is 11.7. The number of methoxy groups -OCH3 is 1. The molecule has 0 radical (unpaired) electrons. The number of nitrogens with zero attached hydrogens (tertiary/aromatic N) is 3. The molecule has 0 unspecified atom stereocenters. The minimum absolute atomic E-state index is 0.0396. The number of aromatic nitrogens is 3. The van der Waals surface area contributed by atoms with Crippen LogP contribution in [0.25, 0.3) is 11.4 Å². The summed E-state index contributed by atoms with van der Waals surface area (Å²) in [7, 11) is 1.59. The predicted octanol–water partition coefficient (Wildman–Crippen LogP) is 3.74. The van der Waals surface area contributed by atoms with E-state index in [1.165, 1.54) is 0 Å². The third kappa shape index (κ3) is 4.84. The zero-order valence-electron chi connectivity index (χ0n) is 15.0. The van der Waals surface area contributed by atoms with Gasteiger partial charge in [0.1, 0.15) is 11.6 Å². The molecular formula is C19H20ClN5O2. The highest BCUT2D eigenvalue weighted by Gasteiger charge is 2.12. The van der Waals surface area contributed by atoms with E-state index in [1.54, 1.807) is 37.6 Å². The van der Waals surface area contributed by atoms with E-state index in [9.17, 15) is 5.11 Å². The maximum Gasteiger partial charge on any atom is 0.225 e. The van der Waals surface area contributed by atoms with Crippen molar-refractivity contribution in [1.82, 2.24) is 15.0 Å². The molecule has 3 N–H and O–H groups in total. The molecule has 0 saturated heterocycles. The lowest BCUT2D eigenvalue weighted by molar-refractivity contribution is 0.281. The number of rotatable bonds is 7. The zero-order valence-corrected chi connectivity index (χ0v) is 15.7. The van der Waals surface area contributed by atoms with Crippen LogP contribution in [0.2, 0.25) is 5.02 Å². The average molecular weight is 386 g/mol. The summed E-state index contributed by atoms with van der Waals surface area (Å²) >= 11 is 6.11. The number of aliphatic hydroxyl groups excluding tert-OH is 1. The molecular weight excluding hydrogens is 366 g/mol. The lowest BCUT2D eigenvalue weighted by Gasteiger charge is -2.15. The molecule has 2 heterocycles. The fraction of sp³-hybridized carbons (Fsp3) is 0.211. The summed E-state index contributed by atoms with van der Waals surface area (Å²) < 4.78 is 5.37. The van der Waals surface area contributed by atoms with Crippen LogP contribution in [0.4, 0.5) is 17.5 Å². The van der Waals surface area contributed by atoms with Crippen LogP contribution in [0.3, 0.4) is 0 Å². The topological polar surface area (TPSA) is 92.2 Å². The Morgan fingerprint density at radius 3 is 2.70 bits per heavy atom. The third-order valence-electron chi connectivity index (χ3n) is 3.73. The number of pyridine rings is 1. The van der Waals surface area contributed by atoms with Crippen molar-refractivity contribution in [2.75, 3.05) is 24.4 Å². The van der Waals surface area contributed by atoms with Crippen molar-refractivity contribution < 1.29 is 9.84 Å². The molecule has 0 bridgehead atoms. The Bertz CT molecular complexity index is 908. The number of halogens is 1. The first-order valence-electron chi connectivity index (χ1n) is 8.37. The number of nitrogens with one attached hydrogen (secondary N) is 2. The first-order chi connectivity index (χ1) is 13.1. The van der Waals surface area contributed by atoms with Crippen LogP contribution in [0.1, 0.15) is 6.92 Å². The van der Waals surface area contributed by atoms with Crippen molar-refractivity contribution in [2.24, 2.45) is 0 Å². The minimum atomic E-state index is -0.197. The van der Waals surface area contributed by atoms with Crippen molar-refractivity contribution in [2.45, 2.75) is 13.0 Å². The van der Waals surface area contributed by atoms with Crippen molar-refractivity contribution in [3.8, 4) is 17.1 Å². The molecule has 8 heteroatoms. The van der Waals surface area contributed by atoms with Crippen LogP contribution in [-0.4, -0.2) is 39.8 Å². The van der Waals surface area contributed by atoms with Gasteiger partial charge in [-0.2, -0.15) is 4.98 Å². The van der Waals surface area contributed by atoms with Crippen LogP contribution in [0, 0.1) is 0 Å². The highest BCUT2D eigenvalue weighted by molar-refractivity contribution is 6.31. The third-order valence-corrected chi connectivity index (χ3v) is 3.96. The lowest BCUT2D eigenvalue weighted by Crippen LogP contribution is -2.21. The Morgan fingerprint density at radius 2 is 2.00 bits per heavy atom. The first-order valence-corrected chi connectivity index (χ1v) is 8.75. The van der Waals surface area contributed by atoms with Crippen LogP contribution >= 0.6 is 11.6 Å². The highest BCUT2D eigenvalue weighted by atomic mass is 35.5. The second-order valence-corrected chi connectivity index (χ2v) is 6.31. The van der Waals surface area contributed by atoms with Crippen LogP contribution in [0.15, 0.2) is 48.7 Å². The first kappa shape index (κ1) is 18.9. The monoisotopic (exact) mass is 385 g/mol. The van der Waals surface area contributed by atoms with Gasteiger partial charge in [-0.3, -0.25) is 4.98 Å². The van der Waals surface area contributed by atoms with Gasteiger partial charge in [0.2, 0.25) is 5.95 Å². The van der Waals surface area contributed by atoms with Gasteiger partial charge in [-0.25, -0.2) is 4.98 Å². The fourth-order valence-electron chi connectivity index (χ4n) is 2.40. The van der Waals surface area contributed by atoms with Gasteiger partial charge in [0.25, 0.3) is 0 Å². The zero-order chi connectivity index (χ0) is 19.2. The largest absolute Gasteiger partial charge is 0.495 e.